The number of hydrogen-bond acceptors (Lipinski definition) is 3. The number of nitrogens with zero attached hydrogens (tertiary/aromatic N) is 1. The minimum absolute atomic E-state index is 0.0862. The second-order valence-corrected chi connectivity index (χ2v) is 5.11. The molecule has 6 heteroatoms. The fourth-order valence-electron chi connectivity index (χ4n) is 1.56. The van der Waals surface area contributed by atoms with Gasteiger partial charge in [0.15, 0.2) is 0 Å². The van der Waals surface area contributed by atoms with E-state index in [0.29, 0.717) is 26.4 Å². The SMILES string of the molecule is Cc1c(O)cccc1C(=O)Nc1cnc(Cl)c(Br)c1. The molecule has 2 N–H and O–H groups in total. The summed E-state index contributed by atoms with van der Waals surface area (Å²) in [5.41, 5.74) is 1.45. The maximum Gasteiger partial charge on any atom is 0.256 e. The number of phenolic OH excluding ortho intramolecular Hbond substituents is 1. The second-order valence-electron chi connectivity index (χ2n) is 3.90. The number of nitrogens with one attached hydrogen (secondary N) is 1. The molecule has 2 rings (SSSR count). The van der Waals surface area contributed by atoms with Gasteiger partial charge in [-0.2, -0.15) is 0 Å². The zero-order chi connectivity index (χ0) is 14.0. The Labute approximate surface area is 123 Å². The molecule has 0 saturated carbocycles. The summed E-state index contributed by atoms with van der Waals surface area (Å²) in [5.74, 6) is -0.229. The lowest BCUT2D eigenvalue weighted by atomic mass is 10.1. The molecule has 19 heavy (non-hydrogen) atoms. The van der Waals surface area contributed by atoms with Gasteiger partial charge in [0.25, 0.3) is 5.91 Å². The van der Waals surface area contributed by atoms with Crippen LogP contribution in [0.15, 0.2) is 34.9 Å². The van der Waals surface area contributed by atoms with E-state index in [1.807, 2.05) is 0 Å². The number of hydrogen-bond donors (Lipinski definition) is 2. The summed E-state index contributed by atoms with van der Waals surface area (Å²) in [7, 11) is 0. The summed E-state index contributed by atoms with van der Waals surface area (Å²) >= 11 is 9.01. The predicted molar refractivity (Wildman–Crippen MR) is 77.7 cm³/mol. The van der Waals surface area contributed by atoms with Gasteiger partial charge in [0.2, 0.25) is 0 Å². The third-order valence-electron chi connectivity index (χ3n) is 2.60. The Kier molecular flexibility index (Phi) is 4.07. The van der Waals surface area contributed by atoms with Crippen LogP contribution in [0.5, 0.6) is 5.75 Å². The van der Waals surface area contributed by atoms with Crippen LogP contribution in [-0.2, 0) is 0 Å². The van der Waals surface area contributed by atoms with E-state index < -0.39 is 0 Å². The van der Waals surface area contributed by atoms with Crippen LogP contribution >= 0.6 is 27.5 Å². The van der Waals surface area contributed by atoms with Crippen molar-refractivity contribution in [2.24, 2.45) is 0 Å². The van der Waals surface area contributed by atoms with Crippen molar-refractivity contribution in [3.63, 3.8) is 0 Å². The topological polar surface area (TPSA) is 62.2 Å². The van der Waals surface area contributed by atoms with Gasteiger partial charge in [0.1, 0.15) is 10.9 Å². The Balaban J connectivity index is 2.26. The van der Waals surface area contributed by atoms with Gasteiger partial charge in [-0.25, -0.2) is 4.98 Å². The van der Waals surface area contributed by atoms with E-state index in [4.69, 9.17) is 11.6 Å². The number of phenols is 1. The van der Waals surface area contributed by atoms with Crippen molar-refractivity contribution < 1.29 is 9.90 Å². The van der Waals surface area contributed by atoms with E-state index in [9.17, 15) is 9.90 Å². The highest BCUT2D eigenvalue weighted by Crippen LogP contribution is 2.24. The summed E-state index contributed by atoms with van der Waals surface area (Å²) in [6.45, 7) is 1.68. The van der Waals surface area contributed by atoms with Crippen molar-refractivity contribution in [1.82, 2.24) is 4.98 Å². The van der Waals surface area contributed by atoms with Gasteiger partial charge in [-0.15, -0.1) is 0 Å². The Morgan fingerprint density at radius 3 is 2.89 bits per heavy atom. The van der Waals surface area contributed by atoms with Gasteiger partial charge in [0.05, 0.1) is 16.4 Å². The number of amides is 1. The molecule has 0 aliphatic carbocycles. The second kappa shape index (κ2) is 5.59. The van der Waals surface area contributed by atoms with E-state index in [1.165, 1.54) is 12.3 Å². The van der Waals surface area contributed by atoms with E-state index in [0.717, 1.165) is 0 Å². The third-order valence-corrected chi connectivity index (χ3v) is 3.74. The zero-order valence-corrected chi connectivity index (χ0v) is 12.3. The van der Waals surface area contributed by atoms with Crippen LogP contribution in [-0.4, -0.2) is 16.0 Å². The number of anilines is 1. The van der Waals surface area contributed by atoms with Gasteiger partial charge < -0.3 is 10.4 Å². The Morgan fingerprint density at radius 1 is 1.47 bits per heavy atom. The van der Waals surface area contributed by atoms with Crippen LogP contribution in [0.1, 0.15) is 15.9 Å². The molecule has 1 aromatic carbocycles. The number of carbonyl (C=O) groups excluding carboxylic acids is 1. The lowest BCUT2D eigenvalue weighted by molar-refractivity contribution is 0.102. The number of aromatic hydroxyl groups is 1. The maximum atomic E-state index is 12.1. The molecule has 0 fully saturated rings. The Morgan fingerprint density at radius 2 is 2.21 bits per heavy atom. The van der Waals surface area contributed by atoms with Crippen molar-refractivity contribution in [1.29, 1.82) is 0 Å². The molecule has 0 unspecified atom stereocenters. The average molecular weight is 342 g/mol. The van der Waals surface area contributed by atoms with Crippen molar-refractivity contribution in [2.75, 3.05) is 5.32 Å². The predicted octanol–water partition coefficient (Wildman–Crippen LogP) is 3.76. The lowest BCUT2D eigenvalue weighted by Crippen LogP contribution is -2.13. The van der Waals surface area contributed by atoms with Crippen molar-refractivity contribution >= 4 is 39.1 Å². The molecule has 2 aromatic rings. The van der Waals surface area contributed by atoms with Crippen molar-refractivity contribution in [2.45, 2.75) is 6.92 Å². The van der Waals surface area contributed by atoms with Gasteiger partial charge in [-0.1, -0.05) is 17.7 Å². The normalized spacial score (nSPS) is 10.3. The fourth-order valence-corrected chi connectivity index (χ4v) is 2.01. The quantitative estimate of drug-likeness (QED) is 0.818. The van der Waals surface area contributed by atoms with Crippen LogP contribution in [0.3, 0.4) is 0 Å². The Bertz CT molecular complexity index is 647. The highest BCUT2D eigenvalue weighted by molar-refractivity contribution is 9.10. The molecule has 4 nitrogen and oxygen atoms in total. The van der Waals surface area contributed by atoms with E-state index in [-0.39, 0.29) is 11.7 Å². The smallest absolute Gasteiger partial charge is 0.256 e. The maximum absolute atomic E-state index is 12.1. The molecule has 1 aromatic heterocycles. The average Bonchev–Trinajstić information content (AvgIpc) is 2.37. The fraction of sp³-hybridized carbons (Fsp3) is 0.0769. The lowest BCUT2D eigenvalue weighted by Gasteiger charge is -2.09. The molecule has 1 amide bonds. The van der Waals surface area contributed by atoms with Gasteiger partial charge >= 0.3 is 0 Å². The van der Waals surface area contributed by atoms with Crippen LogP contribution in [0, 0.1) is 6.92 Å². The molecule has 0 saturated heterocycles. The largest absolute Gasteiger partial charge is 0.508 e. The number of aromatic nitrogens is 1. The first-order valence-electron chi connectivity index (χ1n) is 5.40. The first-order valence-corrected chi connectivity index (χ1v) is 6.57. The van der Waals surface area contributed by atoms with Gasteiger partial charge in [-0.05, 0) is 41.1 Å². The molecule has 0 aliphatic rings. The van der Waals surface area contributed by atoms with Gasteiger partial charge in [0, 0.05) is 11.1 Å². The van der Waals surface area contributed by atoms with E-state index in [1.54, 1.807) is 25.1 Å². The minimum Gasteiger partial charge on any atom is -0.508 e. The first-order chi connectivity index (χ1) is 8.99. The monoisotopic (exact) mass is 340 g/mol. The summed E-state index contributed by atoms with van der Waals surface area (Å²) in [4.78, 5) is 16.0. The molecule has 0 aliphatic heterocycles. The summed E-state index contributed by atoms with van der Waals surface area (Å²) < 4.78 is 0.597. The highest BCUT2D eigenvalue weighted by atomic mass is 79.9. The minimum atomic E-state index is -0.315. The number of halogens is 2. The number of carbonyl (C=O) groups is 1. The third kappa shape index (κ3) is 3.05. The molecule has 0 bridgehead atoms. The molecule has 1 heterocycles. The summed E-state index contributed by atoms with van der Waals surface area (Å²) in [5, 5.41) is 12.6. The highest BCUT2D eigenvalue weighted by Gasteiger charge is 2.12. The molecule has 0 spiro atoms. The first kappa shape index (κ1) is 13.8. The number of benzene rings is 1. The molecule has 0 atom stereocenters. The standard InChI is InChI=1S/C13H10BrClN2O2/c1-7-9(3-2-4-11(7)18)13(19)17-8-5-10(14)12(15)16-6-8/h2-6,18H,1H3,(H,17,19). The van der Waals surface area contributed by atoms with Crippen molar-refractivity contribution in [3.8, 4) is 5.75 Å². The van der Waals surface area contributed by atoms with E-state index in [2.05, 4.69) is 26.2 Å². The zero-order valence-electron chi connectivity index (χ0n) is 9.95. The number of pyridine rings is 1. The van der Waals surface area contributed by atoms with Crippen LogP contribution in [0.2, 0.25) is 5.15 Å². The molecular weight excluding hydrogens is 332 g/mol. The van der Waals surface area contributed by atoms with Crippen LogP contribution in [0.25, 0.3) is 0 Å². The van der Waals surface area contributed by atoms with Crippen LogP contribution in [0.4, 0.5) is 5.69 Å². The van der Waals surface area contributed by atoms with Crippen LogP contribution < -0.4 is 5.32 Å². The van der Waals surface area contributed by atoms with Gasteiger partial charge in [-0.3, -0.25) is 4.79 Å². The summed E-state index contributed by atoms with van der Waals surface area (Å²) in [6.07, 6.45) is 1.46. The molecule has 0 radical (unpaired) electrons. The molecular formula is C13H10BrClN2O2. The van der Waals surface area contributed by atoms with E-state index >= 15 is 0 Å². The Hall–Kier alpha value is -1.59. The number of rotatable bonds is 2. The summed E-state index contributed by atoms with van der Waals surface area (Å²) in [6, 6.07) is 6.45. The van der Waals surface area contributed by atoms with Crippen molar-refractivity contribution in [3.05, 3.63) is 51.2 Å². The molecule has 98 valence electrons.